The van der Waals surface area contributed by atoms with E-state index in [-0.39, 0.29) is 5.75 Å². The van der Waals surface area contributed by atoms with Crippen molar-refractivity contribution in [2.24, 2.45) is 0 Å². The van der Waals surface area contributed by atoms with Crippen molar-refractivity contribution >= 4 is 22.1 Å². The Bertz CT molecular complexity index is 418. The Kier molecular flexibility index (Phi) is 5.02. The van der Waals surface area contributed by atoms with Crippen molar-refractivity contribution in [2.45, 2.75) is 33.5 Å². The Balaban J connectivity index is 2.79. The third kappa shape index (κ3) is 4.18. The van der Waals surface area contributed by atoms with Crippen LogP contribution in [0.5, 0.6) is 5.75 Å². The van der Waals surface area contributed by atoms with Gasteiger partial charge in [0.25, 0.3) is 0 Å². The first kappa shape index (κ1) is 16.5. The second-order valence-corrected chi connectivity index (χ2v) is 19.3. The van der Waals surface area contributed by atoms with Gasteiger partial charge in [0.1, 0.15) is 0 Å². The maximum atomic E-state index is 13.0. The van der Waals surface area contributed by atoms with E-state index in [1.54, 1.807) is 6.07 Å². The van der Waals surface area contributed by atoms with Gasteiger partial charge >= 0.3 is 111 Å². The van der Waals surface area contributed by atoms with E-state index in [4.69, 9.17) is 0 Å². The molecule has 1 aromatic rings. The summed E-state index contributed by atoms with van der Waals surface area (Å²) in [5.74, 6) is -5.14. The van der Waals surface area contributed by atoms with E-state index in [0.29, 0.717) is 0 Å². The van der Waals surface area contributed by atoms with Gasteiger partial charge < -0.3 is 0 Å². The Morgan fingerprint density at radius 2 is 1.74 bits per heavy atom. The van der Waals surface area contributed by atoms with Crippen LogP contribution in [0.25, 0.3) is 0 Å². The first-order valence-corrected chi connectivity index (χ1v) is 15.5. The summed E-state index contributed by atoms with van der Waals surface area (Å²) in [4.78, 5) is 10.3. The molecule has 0 aliphatic rings. The summed E-state index contributed by atoms with van der Waals surface area (Å²) in [6.45, 7) is 0. The van der Waals surface area contributed by atoms with Crippen LogP contribution >= 0.6 is 0 Å². The molecule has 2 nitrogen and oxygen atoms in total. The van der Waals surface area contributed by atoms with Gasteiger partial charge in [-0.25, -0.2) is 0 Å². The van der Waals surface area contributed by atoms with Crippen molar-refractivity contribution in [3.8, 4) is 5.75 Å². The molecule has 0 aliphatic heterocycles. The van der Waals surface area contributed by atoms with Gasteiger partial charge in [0.2, 0.25) is 0 Å². The molecule has 0 fully saturated rings. The molecule has 8 heteroatoms. The van der Waals surface area contributed by atoms with Crippen LogP contribution < -0.4 is 8.45 Å². The molecule has 108 valence electrons. The summed E-state index contributed by atoms with van der Waals surface area (Å²) in [5, 5.41) is 0. The minimum atomic E-state index is -4.85. The molecule has 0 aromatic carbocycles. The van der Waals surface area contributed by atoms with E-state index < -0.39 is 37.1 Å². The molecule has 19 heavy (non-hydrogen) atoms. The molecule has 0 saturated heterocycles. The Hall–Kier alpha value is -0.601. The standard InChI is InChI=1S/C8H5F5NO.3CH3.Sn/c9-6(10)8(12,13)7(11)15-5-2-1-3-14-4-5;;;;/h1-2,4,6-7H;3*1H3;. The summed E-state index contributed by atoms with van der Waals surface area (Å²) < 4.78 is 67.1. The predicted molar refractivity (Wildman–Crippen MR) is 63.7 cm³/mol. The second kappa shape index (κ2) is 5.80. The van der Waals surface area contributed by atoms with Crippen molar-refractivity contribution in [1.82, 2.24) is 4.98 Å². The van der Waals surface area contributed by atoms with E-state index in [0.717, 1.165) is 9.91 Å². The van der Waals surface area contributed by atoms with Crippen molar-refractivity contribution < 1.29 is 26.7 Å². The SMILES string of the molecule is [CH3][Sn]([CH3])([CH3])[c]1ccc(OC(F)C(F)(F)C(F)F)cn1. The van der Waals surface area contributed by atoms with Crippen LogP contribution in [0.3, 0.4) is 0 Å². The number of hydrogen-bond acceptors (Lipinski definition) is 2. The Morgan fingerprint density at radius 1 is 1.16 bits per heavy atom. The second-order valence-electron chi connectivity index (χ2n) is 5.04. The van der Waals surface area contributed by atoms with Gasteiger partial charge in [0, 0.05) is 0 Å². The van der Waals surface area contributed by atoms with Crippen LogP contribution in [0.15, 0.2) is 18.3 Å². The molecule has 1 unspecified atom stereocenters. The fourth-order valence-electron chi connectivity index (χ4n) is 1.19. The van der Waals surface area contributed by atoms with Gasteiger partial charge in [0.15, 0.2) is 0 Å². The minimum absolute atomic E-state index is 0.299. The molecule has 0 spiro atoms. The summed E-state index contributed by atoms with van der Waals surface area (Å²) in [6, 6.07) is 2.82. The quantitative estimate of drug-likeness (QED) is 0.570. The molecular formula is C11H14F5NOSn. The first-order valence-electron chi connectivity index (χ1n) is 5.48. The predicted octanol–water partition coefficient (Wildman–Crippen LogP) is 3.20. The molecule has 0 aliphatic carbocycles. The molecule has 0 saturated carbocycles. The summed E-state index contributed by atoms with van der Waals surface area (Å²) in [7, 11) is 0. The number of pyridine rings is 1. The van der Waals surface area contributed by atoms with Gasteiger partial charge in [-0.3, -0.25) is 0 Å². The molecule has 1 heterocycles. The number of alkyl halides is 5. The van der Waals surface area contributed by atoms with Crippen LogP contribution in [0, 0.1) is 0 Å². The number of ether oxygens (including phenoxy) is 1. The average molecular weight is 390 g/mol. The molecule has 1 rings (SSSR count). The number of aromatic nitrogens is 1. The molecule has 0 radical (unpaired) electrons. The molecule has 1 aromatic heterocycles. The monoisotopic (exact) mass is 391 g/mol. The molecule has 0 amide bonds. The topological polar surface area (TPSA) is 22.1 Å². The number of halogens is 5. The Labute approximate surface area is 111 Å². The summed E-state index contributed by atoms with van der Waals surface area (Å²) >= 11 is -2.40. The average Bonchev–Trinajstić information content (AvgIpc) is 2.28. The van der Waals surface area contributed by atoms with E-state index in [9.17, 15) is 22.0 Å². The van der Waals surface area contributed by atoms with Crippen molar-refractivity contribution in [2.75, 3.05) is 0 Å². The van der Waals surface area contributed by atoms with Crippen molar-refractivity contribution in [3.63, 3.8) is 0 Å². The van der Waals surface area contributed by atoms with Gasteiger partial charge in [-0.15, -0.1) is 0 Å². The fourth-order valence-corrected chi connectivity index (χ4v) is 4.15. The third-order valence-corrected chi connectivity index (χ3v) is 7.57. The van der Waals surface area contributed by atoms with Gasteiger partial charge in [-0.1, -0.05) is 0 Å². The molecule has 1 atom stereocenters. The van der Waals surface area contributed by atoms with Gasteiger partial charge in [-0.05, 0) is 0 Å². The summed E-state index contributed by atoms with van der Waals surface area (Å²) in [5.41, 5.74) is 0. The van der Waals surface area contributed by atoms with Crippen LogP contribution in [-0.2, 0) is 0 Å². The molecule has 0 bridgehead atoms. The van der Waals surface area contributed by atoms with Crippen LogP contribution in [0.2, 0.25) is 14.8 Å². The summed E-state index contributed by atoms with van der Waals surface area (Å²) in [6.07, 6.45) is -6.45. The third-order valence-electron chi connectivity index (χ3n) is 2.34. The van der Waals surface area contributed by atoms with E-state index in [1.165, 1.54) is 6.07 Å². The van der Waals surface area contributed by atoms with Crippen LogP contribution in [0.1, 0.15) is 0 Å². The van der Waals surface area contributed by atoms with E-state index in [2.05, 4.69) is 24.5 Å². The maximum absolute atomic E-state index is 13.0. The number of hydrogen-bond donors (Lipinski definition) is 0. The zero-order chi connectivity index (χ0) is 14.8. The van der Waals surface area contributed by atoms with Gasteiger partial charge in [-0.2, -0.15) is 0 Å². The normalized spacial score (nSPS) is 14.6. The molecular weight excluding hydrogens is 376 g/mol. The van der Waals surface area contributed by atoms with Gasteiger partial charge in [0.05, 0.1) is 0 Å². The van der Waals surface area contributed by atoms with Crippen LogP contribution in [-0.4, -0.2) is 42.1 Å². The number of rotatable bonds is 5. The van der Waals surface area contributed by atoms with Crippen molar-refractivity contribution in [3.05, 3.63) is 18.3 Å². The van der Waals surface area contributed by atoms with Crippen molar-refractivity contribution in [1.29, 1.82) is 0 Å². The fraction of sp³-hybridized carbons (Fsp3) is 0.545. The van der Waals surface area contributed by atoms with E-state index >= 15 is 0 Å². The number of nitrogens with zero attached hydrogens (tertiary/aromatic N) is 1. The van der Waals surface area contributed by atoms with E-state index in [1.807, 2.05) is 0 Å². The first-order chi connectivity index (χ1) is 8.55. The zero-order valence-electron chi connectivity index (χ0n) is 10.6. The molecule has 0 N–H and O–H groups in total. The Morgan fingerprint density at radius 3 is 2.11 bits per heavy atom. The van der Waals surface area contributed by atoms with Crippen LogP contribution in [0.4, 0.5) is 22.0 Å². The zero-order valence-corrected chi connectivity index (χ0v) is 13.5.